The number of hydrogen-bond acceptors (Lipinski definition) is 2. The molecule has 104 valence electrons. The molecule has 0 bridgehead atoms. The zero-order valence-corrected chi connectivity index (χ0v) is 11.5. The molecule has 0 unspecified atom stereocenters. The van der Waals surface area contributed by atoms with E-state index in [-0.39, 0.29) is 5.96 Å². The largest absolute Gasteiger partial charge is 0.370 e. The lowest BCUT2D eigenvalue weighted by Gasteiger charge is -2.20. The smallest absolute Gasteiger partial charge is 0.186 e. The van der Waals surface area contributed by atoms with Crippen LogP contribution in [0.25, 0.3) is 0 Å². The normalized spacial score (nSPS) is 16.8. The molecule has 2 rings (SSSR count). The number of guanidine groups is 1. The molecule has 0 saturated carbocycles. The van der Waals surface area contributed by atoms with Crippen LogP contribution >= 0.6 is 0 Å². The van der Waals surface area contributed by atoms with Crippen LogP contribution in [0.3, 0.4) is 0 Å². The maximum atomic E-state index is 5.36. The summed E-state index contributed by atoms with van der Waals surface area (Å²) in [7, 11) is 0. The summed E-state index contributed by atoms with van der Waals surface area (Å²) in [6.07, 6.45) is 5.41. The number of likely N-dealkylation sites (tertiary alicyclic amines) is 1. The molecule has 0 amide bonds. The molecular weight excluding hydrogens is 236 g/mol. The SMILES string of the molecule is NC(N)=NCc1cccc(CN2CCCCCC2)c1. The zero-order chi connectivity index (χ0) is 13.5. The first-order valence-electron chi connectivity index (χ1n) is 7.09. The summed E-state index contributed by atoms with van der Waals surface area (Å²) in [5, 5.41) is 0. The molecule has 1 aromatic carbocycles. The Morgan fingerprint density at radius 1 is 1.05 bits per heavy atom. The maximum absolute atomic E-state index is 5.36. The summed E-state index contributed by atoms with van der Waals surface area (Å²) in [6.45, 7) is 4.04. The highest BCUT2D eigenvalue weighted by molar-refractivity contribution is 5.75. The predicted octanol–water partition coefficient (Wildman–Crippen LogP) is 1.84. The van der Waals surface area contributed by atoms with Crippen LogP contribution in [0.5, 0.6) is 0 Å². The first kappa shape index (κ1) is 13.9. The summed E-state index contributed by atoms with van der Waals surface area (Å²) in [6, 6.07) is 8.55. The summed E-state index contributed by atoms with van der Waals surface area (Å²) in [5.74, 6) is 0.151. The van der Waals surface area contributed by atoms with E-state index in [0.717, 1.165) is 6.54 Å². The van der Waals surface area contributed by atoms with Crippen molar-refractivity contribution in [1.82, 2.24) is 4.90 Å². The molecule has 1 aromatic rings. The minimum absolute atomic E-state index is 0.151. The fraction of sp³-hybridized carbons (Fsp3) is 0.533. The molecule has 0 spiro atoms. The van der Waals surface area contributed by atoms with E-state index >= 15 is 0 Å². The Labute approximate surface area is 115 Å². The molecule has 1 saturated heterocycles. The van der Waals surface area contributed by atoms with Crippen LogP contribution in [0.2, 0.25) is 0 Å². The van der Waals surface area contributed by atoms with Crippen molar-refractivity contribution in [3.63, 3.8) is 0 Å². The minimum atomic E-state index is 0.151. The Morgan fingerprint density at radius 2 is 1.74 bits per heavy atom. The van der Waals surface area contributed by atoms with Gasteiger partial charge in [-0.05, 0) is 37.1 Å². The molecule has 0 atom stereocenters. The lowest BCUT2D eigenvalue weighted by molar-refractivity contribution is 0.277. The first-order chi connectivity index (χ1) is 9.24. The van der Waals surface area contributed by atoms with Crippen molar-refractivity contribution >= 4 is 5.96 Å². The van der Waals surface area contributed by atoms with Crippen LogP contribution in [-0.2, 0) is 13.1 Å². The highest BCUT2D eigenvalue weighted by atomic mass is 15.1. The zero-order valence-electron chi connectivity index (χ0n) is 11.5. The number of benzene rings is 1. The Kier molecular flexibility index (Phi) is 5.21. The Morgan fingerprint density at radius 3 is 2.42 bits per heavy atom. The van der Waals surface area contributed by atoms with Gasteiger partial charge in [0.2, 0.25) is 0 Å². The average Bonchev–Trinajstić information content (AvgIpc) is 2.65. The monoisotopic (exact) mass is 260 g/mol. The van der Waals surface area contributed by atoms with Crippen LogP contribution < -0.4 is 11.5 Å². The Hall–Kier alpha value is -1.55. The van der Waals surface area contributed by atoms with Crippen molar-refractivity contribution < 1.29 is 0 Å². The third-order valence-corrected chi connectivity index (χ3v) is 3.54. The van der Waals surface area contributed by atoms with E-state index in [1.807, 2.05) is 0 Å². The number of hydrogen-bond donors (Lipinski definition) is 2. The van der Waals surface area contributed by atoms with Gasteiger partial charge in [-0.15, -0.1) is 0 Å². The molecule has 0 aromatic heterocycles. The van der Waals surface area contributed by atoms with Crippen molar-refractivity contribution in [2.24, 2.45) is 16.5 Å². The number of nitrogens with two attached hydrogens (primary N) is 2. The van der Waals surface area contributed by atoms with E-state index in [2.05, 4.69) is 34.2 Å². The van der Waals surface area contributed by atoms with Gasteiger partial charge >= 0.3 is 0 Å². The summed E-state index contributed by atoms with van der Waals surface area (Å²) in [4.78, 5) is 6.60. The average molecular weight is 260 g/mol. The van der Waals surface area contributed by atoms with Gasteiger partial charge in [-0.2, -0.15) is 0 Å². The molecule has 4 N–H and O–H groups in total. The van der Waals surface area contributed by atoms with E-state index < -0.39 is 0 Å². The quantitative estimate of drug-likeness (QED) is 0.641. The van der Waals surface area contributed by atoms with Gasteiger partial charge in [-0.25, -0.2) is 4.99 Å². The lowest BCUT2D eigenvalue weighted by Crippen LogP contribution is -2.24. The summed E-state index contributed by atoms with van der Waals surface area (Å²) >= 11 is 0. The van der Waals surface area contributed by atoms with Gasteiger partial charge in [0.15, 0.2) is 5.96 Å². The fourth-order valence-electron chi connectivity index (χ4n) is 2.56. The van der Waals surface area contributed by atoms with Gasteiger partial charge in [-0.3, -0.25) is 4.90 Å². The van der Waals surface area contributed by atoms with Crippen molar-refractivity contribution in [1.29, 1.82) is 0 Å². The summed E-state index contributed by atoms with van der Waals surface area (Å²) < 4.78 is 0. The molecule has 1 aliphatic heterocycles. The minimum Gasteiger partial charge on any atom is -0.370 e. The van der Waals surface area contributed by atoms with Gasteiger partial charge in [0, 0.05) is 6.54 Å². The van der Waals surface area contributed by atoms with E-state index in [9.17, 15) is 0 Å². The second kappa shape index (κ2) is 7.14. The van der Waals surface area contributed by atoms with E-state index in [0.29, 0.717) is 6.54 Å². The van der Waals surface area contributed by atoms with E-state index in [1.165, 1.54) is 49.9 Å². The third-order valence-electron chi connectivity index (χ3n) is 3.54. The Balaban J connectivity index is 1.95. The highest BCUT2D eigenvalue weighted by Gasteiger charge is 2.09. The van der Waals surface area contributed by atoms with Crippen molar-refractivity contribution in [3.05, 3.63) is 35.4 Å². The number of aliphatic imine (C=N–C) groups is 1. The molecule has 1 heterocycles. The van der Waals surface area contributed by atoms with Crippen LogP contribution in [0.15, 0.2) is 29.3 Å². The first-order valence-corrected chi connectivity index (χ1v) is 7.09. The number of nitrogens with zero attached hydrogens (tertiary/aromatic N) is 2. The van der Waals surface area contributed by atoms with Crippen molar-refractivity contribution in [2.75, 3.05) is 13.1 Å². The fourth-order valence-corrected chi connectivity index (χ4v) is 2.56. The van der Waals surface area contributed by atoms with Gasteiger partial charge in [0.05, 0.1) is 6.54 Å². The van der Waals surface area contributed by atoms with E-state index in [4.69, 9.17) is 11.5 Å². The highest BCUT2D eigenvalue weighted by Crippen LogP contribution is 2.14. The van der Waals surface area contributed by atoms with Gasteiger partial charge in [0.25, 0.3) is 0 Å². The standard InChI is InChI=1S/C15H24N4/c16-15(17)18-11-13-6-5-7-14(10-13)12-19-8-3-1-2-4-9-19/h5-7,10H,1-4,8-9,11-12H2,(H4,16,17,18). The van der Waals surface area contributed by atoms with Crippen LogP contribution in [0.4, 0.5) is 0 Å². The third kappa shape index (κ3) is 4.91. The van der Waals surface area contributed by atoms with Crippen LogP contribution in [0, 0.1) is 0 Å². The van der Waals surface area contributed by atoms with Gasteiger partial charge in [-0.1, -0.05) is 37.1 Å². The molecule has 4 nitrogen and oxygen atoms in total. The molecule has 19 heavy (non-hydrogen) atoms. The molecule has 4 heteroatoms. The summed E-state index contributed by atoms with van der Waals surface area (Å²) in [5.41, 5.74) is 13.2. The topological polar surface area (TPSA) is 67.6 Å². The van der Waals surface area contributed by atoms with Crippen LogP contribution in [-0.4, -0.2) is 23.9 Å². The molecular formula is C15H24N4. The van der Waals surface area contributed by atoms with Crippen LogP contribution in [0.1, 0.15) is 36.8 Å². The molecule has 0 aliphatic carbocycles. The van der Waals surface area contributed by atoms with Crippen molar-refractivity contribution in [2.45, 2.75) is 38.8 Å². The van der Waals surface area contributed by atoms with Gasteiger partial charge < -0.3 is 11.5 Å². The predicted molar refractivity (Wildman–Crippen MR) is 79.7 cm³/mol. The maximum Gasteiger partial charge on any atom is 0.186 e. The number of rotatable bonds is 4. The second-order valence-corrected chi connectivity index (χ2v) is 5.25. The van der Waals surface area contributed by atoms with Gasteiger partial charge in [0.1, 0.15) is 0 Å². The second-order valence-electron chi connectivity index (χ2n) is 5.25. The van der Waals surface area contributed by atoms with E-state index in [1.54, 1.807) is 0 Å². The Bertz CT molecular complexity index is 416. The molecule has 1 aliphatic rings. The molecule has 1 fully saturated rings. The van der Waals surface area contributed by atoms with Crippen molar-refractivity contribution in [3.8, 4) is 0 Å². The molecule has 0 radical (unpaired) electrons. The lowest BCUT2D eigenvalue weighted by atomic mass is 10.1.